The molecular formula is C22H23N3O4. The van der Waals surface area contributed by atoms with Gasteiger partial charge in [0.15, 0.2) is 0 Å². The molecule has 0 unspecified atom stereocenters. The van der Waals surface area contributed by atoms with Gasteiger partial charge in [0.2, 0.25) is 11.8 Å². The molecule has 0 N–H and O–H groups in total. The van der Waals surface area contributed by atoms with Crippen molar-refractivity contribution in [2.75, 3.05) is 27.8 Å². The van der Waals surface area contributed by atoms with Gasteiger partial charge in [-0.15, -0.1) is 0 Å². The third-order valence-corrected chi connectivity index (χ3v) is 4.15. The maximum Gasteiger partial charge on any atom is 0.409 e. The number of carbonyl (C=O) groups excluding carboxylic acids is 1. The van der Waals surface area contributed by atoms with Crippen molar-refractivity contribution in [2.45, 2.75) is 6.42 Å². The van der Waals surface area contributed by atoms with Gasteiger partial charge in [0, 0.05) is 44.0 Å². The summed E-state index contributed by atoms with van der Waals surface area (Å²) in [6.07, 6.45) is 3.63. The van der Waals surface area contributed by atoms with Crippen LogP contribution in [0.25, 0.3) is 11.1 Å². The monoisotopic (exact) mass is 393 g/mol. The lowest BCUT2D eigenvalue weighted by Crippen LogP contribution is -2.23. The van der Waals surface area contributed by atoms with E-state index in [1.807, 2.05) is 48.5 Å². The van der Waals surface area contributed by atoms with Gasteiger partial charge < -0.3 is 19.1 Å². The highest BCUT2D eigenvalue weighted by Gasteiger charge is 2.13. The maximum absolute atomic E-state index is 11.4. The number of ether oxygens (including phenoxy) is 3. The summed E-state index contributed by atoms with van der Waals surface area (Å²) in [5.41, 5.74) is 2.63. The number of carbonyl (C=O) groups is 1. The second-order valence-electron chi connectivity index (χ2n) is 6.42. The SMILES string of the molecule is COc1ncccc1-c1cccnc1Oc1ccc(CCOC(=O)N(C)C)cc1. The number of pyridine rings is 2. The van der Waals surface area contributed by atoms with Crippen molar-refractivity contribution in [3.05, 3.63) is 66.5 Å². The molecule has 29 heavy (non-hydrogen) atoms. The minimum atomic E-state index is -0.349. The molecule has 1 aromatic carbocycles. The Balaban J connectivity index is 1.70. The second-order valence-corrected chi connectivity index (χ2v) is 6.42. The zero-order valence-electron chi connectivity index (χ0n) is 16.7. The zero-order valence-corrected chi connectivity index (χ0v) is 16.7. The van der Waals surface area contributed by atoms with Crippen LogP contribution >= 0.6 is 0 Å². The average Bonchev–Trinajstić information content (AvgIpc) is 2.75. The Kier molecular flexibility index (Phi) is 6.63. The lowest BCUT2D eigenvalue weighted by atomic mass is 10.1. The quantitative estimate of drug-likeness (QED) is 0.599. The van der Waals surface area contributed by atoms with Crippen molar-refractivity contribution in [3.8, 4) is 28.6 Å². The molecule has 0 bridgehead atoms. The lowest BCUT2D eigenvalue weighted by molar-refractivity contribution is 0.119. The first-order valence-corrected chi connectivity index (χ1v) is 9.13. The van der Waals surface area contributed by atoms with Crippen LogP contribution in [0.15, 0.2) is 60.9 Å². The topological polar surface area (TPSA) is 73.8 Å². The van der Waals surface area contributed by atoms with Crippen LogP contribution in [0, 0.1) is 0 Å². The summed E-state index contributed by atoms with van der Waals surface area (Å²) in [5.74, 6) is 1.63. The summed E-state index contributed by atoms with van der Waals surface area (Å²) in [5, 5.41) is 0. The van der Waals surface area contributed by atoms with Crippen LogP contribution in [0.3, 0.4) is 0 Å². The van der Waals surface area contributed by atoms with E-state index in [2.05, 4.69) is 9.97 Å². The molecule has 0 atom stereocenters. The number of nitrogens with zero attached hydrogens (tertiary/aromatic N) is 3. The summed E-state index contributed by atoms with van der Waals surface area (Å²) in [4.78, 5) is 21.5. The number of methoxy groups -OCH3 is 1. The Hall–Kier alpha value is -3.61. The van der Waals surface area contributed by atoms with Crippen molar-refractivity contribution in [3.63, 3.8) is 0 Å². The minimum Gasteiger partial charge on any atom is -0.481 e. The first kappa shape index (κ1) is 20.1. The van der Waals surface area contributed by atoms with Gasteiger partial charge in [-0.05, 0) is 42.0 Å². The Morgan fingerprint density at radius 3 is 2.17 bits per heavy atom. The third-order valence-electron chi connectivity index (χ3n) is 4.15. The highest BCUT2D eigenvalue weighted by Crippen LogP contribution is 2.35. The molecule has 150 valence electrons. The normalized spacial score (nSPS) is 10.3. The summed E-state index contributed by atoms with van der Waals surface area (Å²) < 4.78 is 16.5. The third kappa shape index (κ3) is 5.22. The number of hydrogen-bond donors (Lipinski definition) is 0. The van der Waals surface area contributed by atoms with Gasteiger partial charge in [0.1, 0.15) is 5.75 Å². The summed E-state index contributed by atoms with van der Waals surface area (Å²) in [7, 11) is 4.89. The molecule has 2 heterocycles. The van der Waals surface area contributed by atoms with Gasteiger partial charge in [-0.25, -0.2) is 14.8 Å². The number of benzene rings is 1. The van der Waals surface area contributed by atoms with E-state index in [4.69, 9.17) is 14.2 Å². The highest BCUT2D eigenvalue weighted by molar-refractivity contribution is 5.73. The number of hydrogen-bond acceptors (Lipinski definition) is 6. The zero-order chi connectivity index (χ0) is 20.6. The molecule has 0 saturated heterocycles. The molecule has 0 aliphatic carbocycles. The number of rotatable bonds is 7. The molecule has 0 radical (unpaired) electrons. The molecular weight excluding hydrogens is 370 g/mol. The van der Waals surface area contributed by atoms with E-state index in [1.54, 1.807) is 33.6 Å². The van der Waals surface area contributed by atoms with Crippen molar-refractivity contribution >= 4 is 6.09 Å². The molecule has 7 heteroatoms. The fraction of sp³-hybridized carbons (Fsp3) is 0.227. The van der Waals surface area contributed by atoms with Crippen LogP contribution in [-0.4, -0.2) is 48.8 Å². The fourth-order valence-electron chi connectivity index (χ4n) is 2.66. The molecule has 0 aliphatic rings. The van der Waals surface area contributed by atoms with Gasteiger partial charge in [-0.1, -0.05) is 12.1 Å². The van der Waals surface area contributed by atoms with Gasteiger partial charge in [0.25, 0.3) is 0 Å². The number of amides is 1. The predicted octanol–water partition coefficient (Wildman–Crippen LogP) is 4.19. The molecule has 0 fully saturated rings. The van der Waals surface area contributed by atoms with E-state index in [-0.39, 0.29) is 6.09 Å². The average molecular weight is 393 g/mol. The molecule has 0 saturated carbocycles. The van der Waals surface area contributed by atoms with Crippen molar-refractivity contribution in [2.24, 2.45) is 0 Å². The number of aromatic nitrogens is 2. The maximum atomic E-state index is 11.4. The molecule has 2 aromatic heterocycles. The standard InChI is InChI=1S/C22H23N3O4/c1-25(2)22(26)28-15-12-16-8-10-17(11-9-16)29-21-19(7-5-14-24-21)18-6-4-13-23-20(18)27-3/h4-11,13-14H,12,15H2,1-3H3. The van der Waals surface area contributed by atoms with Crippen LogP contribution in [-0.2, 0) is 11.2 Å². The van der Waals surface area contributed by atoms with E-state index in [0.717, 1.165) is 16.7 Å². The van der Waals surface area contributed by atoms with Crippen LogP contribution in [0.1, 0.15) is 5.56 Å². The van der Waals surface area contributed by atoms with Crippen molar-refractivity contribution in [1.29, 1.82) is 0 Å². The van der Waals surface area contributed by atoms with E-state index in [1.165, 1.54) is 4.90 Å². The first-order valence-electron chi connectivity index (χ1n) is 9.13. The minimum absolute atomic E-state index is 0.322. The van der Waals surface area contributed by atoms with E-state index in [9.17, 15) is 4.79 Å². The first-order chi connectivity index (χ1) is 14.1. The van der Waals surface area contributed by atoms with Crippen LogP contribution in [0.4, 0.5) is 4.79 Å². The fourth-order valence-corrected chi connectivity index (χ4v) is 2.66. The molecule has 1 amide bonds. The summed E-state index contributed by atoms with van der Waals surface area (Å²) >= 11 is 0. The lowest BCUT2D eigenvalue weighted by Gasteiger charge is -2.13. The van der Waals surface area contributed by atoms with Gasteiger partial charge in [0.05, 0.1) is 13.7 Å². The summed E-state index contributed by atoms with van der Waals surface area (Å²) in [6.45, 7) is 0.322. The Morgan fingerprint density at radius 2 is 1.55 bits per heavy atom. The van der Waals surface area contributed by atoms with Crippen LogP contribution in [0.2, 0.25) is 0 Å². The largest absolute Gasteiger partial charge is 0.481 e. The van der Waals surface area contributed by atoms with Crippen LogP contribution < -0.4 is 9.47 Å². The van der Waals surface area contributed by atoms with Gasteiger partial charge >= 0.3 is 6.09 Å². The smallest absolute Gasteiger partial charge is 0.409 e. The van der Waals surface area contributed by atoms with Crippen molar-refractivity contribution < 1.29 is 19.0 Å². The van der Waals surface area contributed by atoms with Crippen molar-refractivity contribution in [1.82, 2.24) is 14.9 Å². The van der Waals surface area contributed by atoms with Gasteiger partial charge in [-0.2, -0.15) is 0 Å². The van der Waals surface area contributed by atoms with Gasteiger partial charge in [-0.3, -0.25) is 0 Å². The van der Waals surface area contributed by atoms with Crippen LogP contribution in [0.5, 0.6) is 17.5 Å². The highest BCUT2D eigenvalue weighted by atomic mass is 16.6. The second kappa shape index (κ2) is 9.54. The Bertz CT molecular complexity index is 958. The molecule has 0 spiro atoms. The molecule has 7 nitrogen and oxygen atoms in total. The summed E-state index contributed by atoms with van der Waals surface area (Å²) in [6, 6.07) is 15.1. The van der Waals surface area contributed by atoms with E-state index < -0.39 is 0 Å². The molecule has 3 rings (SSSR count). The molecule has 0 aliphatic heterocycles. The predicted molar refractivity (Wildman–Crippen MR) is 109 cm³/mol. The Labute approximate surface area is 169 Å². The molecule has 3 aromatic rings. The Morgan fingerprint density at radius 1 is 0.931 bits per heavy atom. The van der Waals surface area contributed by atoms with E-state index >= 15 is 0 Å². The van der Waals surface area contributed by atoms with E-state index in [0.29, 0.717) is 30.5 Å².